The Bertz CT molecular complexity index is 528. The average molecular weight is 336 g/mol. The van der Waals surface area contributed by atoms with Crippen LogP contribution in [0.4, 0.5) is 0 Å². The number of aromatic nitrogens is 2. The molecule has 1 atom stereocenters. The van der Waals surface area contributed by atoms with Crippen LogP contribution in [0.1, 0.15) is 24.2 Å². The number of hydrogen-bond acceptors (Lipinski definition) is 4. The lowest BCUT2D eigenvalue weighted by atomic mass is 10.0. The van der Waals surface area contributed by atoms with Gasteiger partial charge in [0.15, 0.2) is 0 Å². The van der Waals surface area contributed by atoms with Crippen molar-refractivity contribution in [1.29, 1.82) is 0 Å². The maximum Gasteiger partial charge on any atom is 0.233 e. The molecule has 0 bridgehead atoms. The number of methoxy groups -OCH3 is 1. The highest BCUT2D eigenvalue weighted by Crippen LogP contribution is 2.19. The molecule has 2 aromatic rings. The summed E-state index contributed by atoms with van der Waals surface area (Å²) in [5.41, 5.74) is 2.19. The molecule has 1 N–H and O–H groups in total. The summed E-state index contributed by atoms with van der Waals surface area (Å²) in [4.78, 5) is 0. The quantitative estimate of drug-likeness (QED) is 0.880. The number of ether oxygens (including phenoxy) is 1. The van der Waals surface area contributed by atoms with Gasteiger partial charge >= 0.3 is 0 Å². The molecule has 0 aliphatic rings. The van der Waals surface area contributed by atoms with E-state index in [0.717, 1.165) is 23.1 Å². The summed E-state index contributed by atoms with van der Waals surface area (Å²) in [6.45, 7) is 2.97. The summed E-state index contributed by atoms with van der Waals surface area (Å²) in [7, 11) is 1.59. The Labute approximate surface area is 127 Å². The predicted molar refractivity (Wildman–Crippen MR) is 82.8 cm³/mol. The molecule has 0 aliphatic heterocycles. The molecular weight excluding hydrogens is 318 g/mol. The van der Waals surface area contributed by atoms with E-state index in [1.54, 1.807) is 7.11 Å². The van der Waals surface area contributed by atoms with E-state index in [4.69, 9.17) is 4.74 Å². The van der Waals surface area contributed by atoms with Crippen LogP contribution in [0, 0.1) is 0 Å². The van der Waals surface area contributed by atoms with Crippen molar-refractivity contribution < 1.29 is 4.74 Å². The SMILES string of the molecule is CCNC(Cc1ccc(Br)cc1)c1ccc(OC)nn1. The molecule has 1 aromatic carbocycles. The maximum absolute atomic E-state index is 5.04. The zero-order valence-electron chi connectivity index (χ0n) is 11.6. The highest BCUT2D eigenvalue weighted by atomic mass is 79.9. The summed E-state index contributed by atoms with van der Waals surface area (Å²) in [5.74, 6) is 0.535. The summed E-state index contributed by atoms with van der Waals surface area (Å²) in [6.07, 6.45) is 0.877. The monoisotopic (exact) mass is 335 g/mol. The minimum Gasteiger partial charge on any atom is -0.480 e. The summed E-state index contributed by atoms with van der Waals surface area (Å²) < 4.78 is 6.13. The van der Waals surface area contributed by atoms with Gasteiger partial charge in [-0.15, -0.1) is 5.10 Å². The lowest BCUT2D eigenvalue weighted by molar-refractivity contribution is 0.389. The Kier molecular flexibility index (Phi) is 5.49. The fourth-order valence-corrected chi connectivity index (χ4v) is 2.27. The molecule has 0 saturated heterocycles. The van der Waals surface area contributed by atoms with Crippen LogP contribution in [-0.4, -0.2) is 23.9 Å². The summed E-state index contributed by atoms with van der Waals surface area (Å²) in [6, 6.07) is 12.3. The van der Waals surface area contributed by atoms with Crippen LogP contribution in [0.2, 0.25) is 0 Å². The number of halogens is 1. The van der Waals surface area contributed by atoms with E-state index in [2.05, 4.69) is 62.6 Å². The second-order valence-corrected chi connectivity index (χ2v) is 5.36. The molecule has 1 aromatic heterocycles. The van der Waals surface area contributed by atoms with Gasteiger partial charge < -0.3 is 10.1 Å². The average Bonchev–Trinajstić information content (AvgIpc) is 2.49. The Balaban J connectivity index is 2.14. The van der Waals surface area contributed by atoms with Gasteiger partial charge in [0.2, 0.25) is 5.88 Å². The first-order valence-corrected chi connectivity index (χ1v) is 7.37. The Morgan fingerprint density at radius 3 is 2.45 bits per heavy atom. The van der Waals surface area contributed by atoms with Gasteiger partial charge in [0, 0.05) is 10.5 Å². The second kappa shape index (κ2) is 7.36. The van der Waals surface area contributed by atoms with Crippen molar-refractivity contribution in [2.24, 2.45) is 0 Å². The standard InChI is InChI=1S/C15H18BrN3O/c1-3-17-14(10-11-4-6-12(16)7-5-11)13-8-9-15(20-2)19-18-13/h4-9,14,17H,3,10H2,1-2H3. The highest BCUT2D eigenvalue weighted by molar-refractivity contribution is 9.10. The van der Waals surface area contributed by atoms with Crippen molar-refractivity contribution in [2.45, 2.75) is 19.4 Å². The molecular formula is C15H18BrN3O. The second-order valence-electron chi connectivity index (χ2n) is 4.44. The van der Waals surface area contributed by atoms with Crippen LogP contribution in [-0.2, 0) is 6.42 Å². The summed E-state index contributed by atoms with van der Waals surface area (Å²) in [5, 5.41) is 11.7. The van der Waals surface area contributed by atoms with Gasteiger partial charge in [-0.2, -0.15) is 5.10 Å². The molecule has 0 aliphatic carbocycles. The first-order chi connectivity index (χ1) is 9.72. The van der Waals surface area contributed by atoms with Crippen molar-refractivity contribution in [1.82, 2.24) is 15.5 Å². The molecule has 1 heterocycles. The molecule has 0 fully saturated rings. The van der Waals surface area contributed by atoms with Gasteiger partial charge in [0.25, 0.3) is 0 Å². The molecule has 106 valence electrons. The minimum absolute atomic E-state index is 0.152. The topological polar surface area (TPSA) is 47.0 Å². The van der Waals surface area contributed by atoms with Crippen molar-refractivity contribution >= 4 is 15.9 Å². The lowest BCUT2D eigenvalue weighted by Crippen LogP contribution is -2.24. The molecule has 0 spiro atoms. The number of likely N-dealkylation sites (N-methyl/N-ethyl adjacent to an activating group) is 1. The third-order valence-electron chi connectivity index (χ3n) is 3.03. The molecule has 0 amide bonds. The van der Waals surface area contributed by atoms with Crippen molar-refractivity contribution in [3.8, 4) is 5.88 Å². The molecule has 0 saturated carbocycles. The van der Waals surface area contributed by atoms with Gasteiger partial charge in [-0.1, -0.05) is 35.0 Å². The van der Waals surface area contributed by atoms with Crippen molar-refractivity contribution in [3.05, 3.63) is 52.1 Å². The first-order valence-electron chi connectivity index (χ1n) is 6.58. The maximum atomic E-state index is 5.04. The third-order valence-corrected chi connectivity index (χ3v) is 3.56. The minimum atomic E-state index is 0.152. The van der Waals surface area contributed by atoms with Crippen LogP contribution < -0.4 is 10.1 Å². The van der Waals surface area contributed by atoms with Gasteiger partial charge in [-0.25, -0.2) is 0 Å². The molecule has 5 heteroatoms. The molecule has 1 unspecified atom stereocenters. The van der Waals surface area contributed by atoms with E-state index in [0.29, 0.717) is 5.88 Å². The number of nitrogens with zero attached hydrogens (tertiary/aromatic N) is 2. The molecule has 2 rings (SSSR count). The zero-order valence-corrected chi connectivity index (χ0v) is 13.2. The zero-order chi connectivity index (χ0) is 14.4. The van der Waals surface area contributed by atoms with E-state index in [9.17, 15) is 0 Å². The molecule has 4 nitrogen and oxygen atoms in total. The van der Waals surface area contributed by atoms with Crippen LogP contribution >= 0.6 is 15.9 Å². The van der Waals surface area contributed by atoms with Crippen LogP contribution in [0.15, 0.2) is 40.9 Å². The van der Waals surface area contributed by atoms with Gasteiger partial charge in [0.1, 0.15) is 0 Å². The van der Waals surface area contributed by atoms with Crippen LogP contribution in [0.25, 0.3) is 0 Å². The fraction of sp³-hybridized carbons (Fsp3) is 0.333. The Morgan fingerprint density at radius 1 is 1.15 bits per heavy atom. The lowest BCUT2D eigenvalue weighted by Gasteiger charge is -2.17. The normalized spacial score (nSPS) is 12.2. The summed E-state index contributed by atoms with van der Waals surface area (Å²) >= 11 is 3.45. The molecule has 0 radical (unpaired) electrons. The number of nitrogens with one attached hydrogen (secondary N) is 1. The van der Waals surface area contributed by atoms with Gasteiger partial charge in [-0.05, 0) is 36.7 Å². The number of hydrogen-bond donors (Lipinski definition) is 1. The van der Waals surface area contributed by atoms with E-state index in [-0.39, 0.29) is 6.04 Å². The Morgan fingerprint density at radius 2 is 1.90 bits per heavy atom. The van der Waals surface area contributed by atoms with E-state index >= 15 is 0 Å². The van der Waals surface area contributed by atoms with Crippen molar-refractivity contribution in [2.75, 3.05) is 13.7 Å². The third kappa shape index (κ3) is 4.02. The van der Waals surface area contributed by atoms with E-state index in [1.807, 2.05) is 12.1 Å². The largest absolute Gasteiger partial charge is 0.480 e. The fourth-order valence-electron chi connectivity index (χ4n) is 2.01. The van der Waals surface area contributed by atoms with E-state index < -0.39 is 0 Å². The number of rotatable bonds is 6. The predicted octanol–water partition coefficient (Wildman–Crippen LogP) is 3.14. The van der Waals surface area contributed by atoms with Crippen LogP contribution in [0.3, 0.4) is 0 Å². The van der Waals surface area contributed by atoms with Crippen molar-refractivity contribution in [3.63, 3.8) is 0 Å². The molecule has 20 heavy (non-hydrogen) atoms. The smallest absolute Gasteiger partial charge is 0.233 e. The van der Waals surface area contributed by atoms with Gasteiger partial charge in [0.05, 0.1) is 18.8 Å². The Hall–Kier alpha value is -1.46. The van der Waals surface area contributed by atoms with Gasteiger partial charge in [-0.3, -0.25) is 0 Å². The first kappa shape index (κ1) is 14.9. The number of benzene rings is 1. The van der Waals surface area contributed by atoms with Crippen LogP contribution in [0.5, 0.6) is 5.88 Å². The van der Waals surface area contributed by atoms with E-state index in [1.165, 1.54) is 5.56 Å². The highest BCUT2D eigenvalue weighted by Gasteiger charge is 2.13.